The molecule has 1 heterocycles. The number of rotatable bonds is 2. The van der Waals surface area contributed by atoms with Crippen molar-refractivity contribution >= 4 is 0 Å². The van der Waals surface area contributed by atoms with Gasteiger partial charge in [-0.25, -0.2) is 4.98 Å². The van der Waals surface area contributed by atoms with Crippen LogP contribution in [0, 0.1) is 6.92 Å². The van der Waals surface area contributed by atoms with E-state index in [1.54, 1.807) is 12.4 Å². The van der Waals surface area contributed by atoms with Gasteiger partial charge in [0.15, 0.2) is 0 Å². The molecule has 70 valence electrons. The second-order valence-electron chi connectivity index (χ2n) is 3.47. The highest BCUT2D eigenvalue weighted by molar-refractivity contribution is 5.15. The summed E-state index contributed by atoms with van der Waals surface area (Å²) in [5.74, 6) is 0.703. The molecule has 13 heavy (non-hydrogen) atoms. The van der Waals surface area contributed by atoms with E-state index in [-0.39, 0.29) is 0 Å². The maximum absolute atomic E-state index is 5.73. The van der Waals surface area contributed by atoms with Gasteiger partial charge < -0.3 is 4.74 Å². The van der Waals surface area contributed by atoms with Crippen LogP contribution in [0.25, 0.3) is 0 Å². The third-order valence-electron chi connectivity index (χ3n) is 2.42. The van der Waals surface area contributed by atoms with Gasteiger partial charge in [0.25, 0.3) is 0 Å². The van der Waals surface area contributed by atoms with Crippen molar-refractivity contribution in [3.05, 3.63) is 18.1 Å². The Morgan fingerprint density at radius 3 is 2.62 bits per heavy atom. The number of ether oxygens (including phenoxy) is 1. The van der Waals surface area contributed by atoms with Crippen LogP contribution in [0.3, 0.4) is 0 Å². The van der Waals surface area contributed by atoms with Crippen LogP contribution in [0.5, 0.6) is 5.88 Å². The maximum atomic E-state index is 5.73. The Morgan fingerprint density at radius 2 is 1.92 bits per heavy atom. The van der Waals surface area contributed by atoms with E-state index in [4.69, 9.17) is 4.74 Å². The van der Waals surface area contributed by atoms with Crippen molar-refractivity contribution in [2.75, 3.05) is 0 Å². The molecule has 3 heteroatoms. The van der Waals surface area contributed by atoms with E-state index in [0.717, 1.165) is 18.5 Å². The van der Waals surface area contributed by atoms with Crippen molar-refractivity contribution < 1.29 is 4.74 Å². The minimum Gasteiger partial charge on any atom is -0.473 e. The maximum Gasteiger partial charge on any atom is 0.235 e. The Hall–Kier alpha value is -1.12. The summed E-state index contributed by atoms with van der Waals surface area (Å²) in [6.07, 6.45) is 8.63. The Morgan fingerprint density at radius 1 is 1.23 bits per heavy atom. The number of aromatic nitrogens is 2. The molecule has 0 radical (unpaired) electrons. The molecular weight excluding hydrogens is 164 g/mol. The first-order valence-corrected chi connectivity index (χ1v) is 4.80. The van der Waals surface area contributed by atoms with Crippen molar-refractivity contribution in [2.45, 2.75) is 38.7 Å². The lowest BCUT2D eigenvalue weighted by Gasteiger charge is -2.12. The molecule has 1 saturated carbocycles. The molecule has 0 aliphatic heterocycles. The summed E-state index contributed by atoms with van der Waals surface area (Å²) in [6, 6.07) is 0. The first kappa shape index (κ1) is 8.48. The fourth-order valence-corrected chi connectivity index (χ4v) is 1.67. The third kappa shape index (κ3) is 1.97. The largest absolute Gasteiger partial charge is 0.473 e. The van der Waals surface area contributed by atoms with Crippen molar-refractivity contribution in [1.82, 2.24) is 9.97 Å². The molecule has 0 atom stereocenters. The molecule has 0 bridgehead atoms. The smallest absolute Gasteiger partial charge is 0.235 e. The fourth-order valence-electron chi connectivity index (χ4n) is 1.67. The van der Waals surface area contributed by atoms with E-state index in [2.05, 4.69) is 9.97 Å². The number of hydrogen-bond donors (Lipinski definition) is 0. The number of aryl methyl sites for hydroxylation is 1. The zero-order chi connectivity index (χ0) is 9.10. The van der Waals surface area contributed by atoms with Gasteiger partial charge in [-0.05, 0) is 32.6 Å². The van der Waals surface area contributed by atoms with E-state index in [1.807, 2.05) is 6.92 Å². The van der Waals surface area contributed by atoms with Crippen molar-refractivity contribution in [3.8, 4) is 5.88 Å². The average molecular weight is 178 g/mol. The lowest BCUT2D eigenvalue weighted by molar-refractivity contribution is 0.199. The molecule has 1 fully saturated rings. The second kappa shape index (κ2) is 3.73. The minimum atomic E-state index is 0.371. The summed E-state index contributed by atoms with van der Waals surface area (Å²) in [5, 5.41) is 0. The standard InChI is InChI=1S/C10H14N2O/c1-8-10(12-7-6-11-8)13-9-4-2-3-5-9/h6-7,9H,2-5H2,1H3. The van der Waals surface area contributed by atoms with E-state index >= 15 is 0 Å². The van der Waals surface area contributed by atoms with Crippen molar-refractivity contribution in [2.24, 2.45) is 0 Å². The average Bonchev–Trinajstić information content (AvgIpc) is 2.61. The molecule has 1 aromatic rings. The molecular formula is C10H14N2O. The second-order valence-corrected chi connectivity index (χ2v) is 3.47. The summed E-state index contributed by atoms with van der Waals surface area (Å²) in [5.41, 5.74) is 0.884. The van der Waals surface area contributed by atoms with Gasteiger partial charge in [0, 0.05) is 12.4 Å². The molecule has 0 N–H and O–H groups in total. The summed E-state index contributed by atoms with van der Waals surface area (Å²) in [6.45, 7) is 1.93. The Bertz CT molecular complexity index is 282. The summed E-state index contributed by atoms with van der Waals surface area (Å²) < 4.78 is 5.73. The highest BCUT2D eigenvalue weighted by Crippen LogP contribution is 2.23. The quantitative estimate of drug-likeness (QED) is 0.695. The Balaban J connectivity index is 2.04. The normalized spacial score (nSPS) is 17.6. The molecule has 0 spiro atoms. The Labute approximate surface area is 78.2 Å². The monoisotopic (exact) mass is 178 g/mol. The van der Waals surface area contributed by atoms with Crippen LogP contribution in [0.2, 0.25) is 0 Å². The van der Waals surface area contributed by atoms with Crippen LogP contribution >= 0.6 is 0 Å². The first-order chi connectivity index (χ1) is 6.36. The van der Waals surface area contributed by atoms with Gasteiger partial charge in [-0.3, -0.25) is 4.98 Å². The first-order valence-electron chi connectivity index (χ1n) is 4.80. The van der Waals surface area contributed by atoms with Gasteiger partial charge in [-0.15, -0.1) is 0 Å². The third-order valence-corrected chi connectivity index (χ3v) is 2.42. The summed E-state index contributed by atoms with van der Waals surface area (Å²) >= 11 is 0. The highest BCUT2D eigenvalue weighted by atomic mass is 16.5. The van der Waals surface area contributed by atoms with E-state index in [1.165, 1.54) is 12.8 Å². The zero-order valence-corrected chi connectivity index (χ0v) is 7.86. The van der Waals surface area contributed by atoms with Gasteiger partial charge in [-0.2, -0.15) is 0 Å². The SMILES string of the molecule is Cc1nccnc1OC1CCCC1. The topological polar surface area (TPSA) is 35.0 Å². The van der Waals surface area contributed by atoms with Crippen LogP contribution in [-0.2, 0) is 0 Å². The van der Waals surface area contributed by atoms with Gasteiger partial charge in [0.1, 0.15) is 6.10 Å². The van der Waals surface area contributed by atoms with Crippen molar-refractivity contribution in [3.63, 3.8) is 0 Å². The molecule has 3 nitrogen and oxygen atoms in total. The van der Waals surface area contributed by atoms with Gasteiger partial charge in [0.05, 0.1) is 5.69 Å². The van der Waals surface area contributed by atoms with Crippen LogP contribution in [0.15, 0.2) is 12.4 Å². The van der Waals surface area contributed by atoms with Crippen LogP contribution in [0.1, 0.15) is 31.4 Å². The fraction of sp³-hybridized carbons (Fsp3) is 0.600. The van der Waals surface area contributed by atoms with Crippen LogP contribution in [0.4, 0.5) is 0 Å². The molecule has 0 amide bonds. The minimum absolute atomic E-state index is 0.371. The number of nitrogens with zero attached hydrogens (tertiary/aromatic N) is 2. The lowest BCUT2D eigenvalue weighted by atomic mass is 10.3. The highest BCUT2D eigenvalue weighted by Gasteiger charge is 2.17. The summed E-state index contributed by atoms with van der Waals surface area (Å²) in [7, 11) is 0. The molecule has 0 saturated heterocycles. The predicted molar refractivity (Wildman–Crippen MR) is 49.7 cm³/mol. The Kier molecular flexibility index (Phi) is 2.43. The van der Waals surface area contributed by atoms with Gasteiger partial charge >= 0.3 is 0 Å². The molecule has 1 aliphatic rings. The van der Waals surface area contributed by atoms with E-state index in [9.17, 15) is 0 Å². The number of hydrogen-bond acceptors (Lipinski definition) is 3. The van der Waals surface area contributed by atoms with Crippen LogP contribution in [-0.4, -0.2) is 16.1 Å². The summed E-state index contributed by atoms with van der Waals surface area (Å²) in [4.78, 5) is 8.29. The van der Waals surface area contributed by atoms with Crippen molar-refractivity contribution in [1.29, 1.82) is 0 Å². The van der Waals surface area contributed by atoms with Gasteiger partial charge in [0.2, 0.25) is 5.88 Å². The van der Waals surface area contributed by atoms with E-state index < -0.39 is 0 Å². The molecule has 0 aromatic carbocycles. The molecule has 2 rings (SSSR count). The zero-order valence-electron chi connectivity index (χ0n) is 7.86. The van der Waals surface area contributed by atoms with Gasteiger partial charge in [-0.1, -0.05) is 0 Å². The molecule has 1 aliphatic carbocycles. The predicted octanol–water partition coefficient (Wildman–Crippen LogP) is 2.11. The van der Waals surface area contributed by atoms with Crippen LogP contribution < -0.4 is 4.74 Å². The lowest BCUT2D eigenvalue weighted by Crippen LogP contribution is -2.12. The molecule has 0 unspecified atom stereocenters. The molecule has 1 aromatic heterocycles. The van der Waals surface area contributed by atoms with E-state index in [0.29, 0.717) is 12.0 Å².